The van der Waals surface area contributed by atoms with Gasteiger partial charge < -0.3 is 9.47 Å². The van der Waals surface area contributed by atoms with Gasteiger partial charge in [-0.15, -0.1) is 0 Å². The number of fused-ring (bicyclic) bond motifs is 1. The fourth-order valence-electron chi connectivity index (χ4n) is 4.02. The predicted molar refractivity (Wildman–Crippen MR) is 144 cm³/mol. The number of hydrogen-bond acceptors (Lipinski definition) is 6. The highest BCUT2D eigenvalue weighted by Gasteiger charge is 2.17. The molecule has 0 saturated carbocycles. The van der Waals surface area contributed by atoms with Crippen LogP contribution in [0.4, 0.5) is 0 Å². The molecule has 5 rings (SSSR count). The van der Waals surface area contributed by atoms with Crippen molar-refractivity contribution in [2.24, 2.45) is 0 Å². The quantitative estimate of drug-likeness (QED) is 0.298. The molecule has 0 aliphatic carbocycles. The van der Waals surface area contributed by atoms with Gasteiger partial charge in [0.15, 0.2) is 11.5 Å². The van der Waals surface area contributed by atoms with Crippen molar-refractivity contribution in [3.05, 3.63) is 103 Å². The van der Waals surface area contributed by atoms with Gasteiger partial charge in [0.05, 0.1) is 41.5 Å². The normalized spacial score (nSPS) is 11.4. The van der Waals surface area contributed by atoms with Crippen molar-refractivity contribution in [1.29, 1.82) is 0 Å². The molecule has 0 saturated heterocycles. The van der Waals surface area contributed by atoms with Crippen LogP contribution < -0.4 is 14.2 Å². The summed E-state index contributed by atoms with van der Waals surface area (Å²) in [6, 6.07) is 29.9. The molecule has 0 aliphatic rings. The van der Waals surface area contributed by atoms with E-state index < -0.39 is 10.0 Å². The van der Waals surface area contributed by atoms with Crippen LogP contribution in [0, 0.1) is 0 Å². The molecule has 0 unspecified atom stereocenters. The largest absolute Gasteiger partial charge is 0.493 e. The lowest BCUT2D eigenvalue weighted by atomic mass is 10.0. The Morgan fingerprint density at radius 3 is 1.84 bits per heavy atom. The first kappa shape index (κ1) is 24.4. The lowest BCUT2D eigenvalue weighted by Crippen LogP contribution is -2.23. The zero-order valence-electron chi connectivity index (χ0n) is 20.4. The molecule has 37 heavy (non-hydrogen) atoms. The lowest BCUT2D eigenvalue weighted by molar-refractivity contribution is 0.354. The fraction of sp³-hybridized carbons (Fsp3) is 0.103. The summed E-state index contributed by atoms with van der Waals surface area (Å²) in [5, 5.41) is 0. The van der Waals surface area contributed by atoms with Gasteiger partial charge in [-0.3, -0.25) is 0 Å². The molecule has 8 heteroatoms. The molecule has 0 fully saturated rings. The van der Waals surface area contributed by atoms with Crippen LogP contribution in [0.25, 0.3) is 33.5 Å². The van der Waals surface area contributed by atoms with Crippen molar-refractivity contribution in [3.8, 4) is 34.0 Å². The average Bonchev–Trinajstić information content (AvgIpc) is 2.95. The number of sulfonamides is 1. The summed E-state index contributed by atoms with van der Waals surface area (Å²) in [7, 11) is -0.788. The van der Waals surface area contributed by atoms with Gasteiger partial charge in [-0.05, 0) is 29.8 Å². The maximum Gasteiger partial charge on any atom is 0.241 e. The highest BCUT2D eigenvalue weighted by Crippen LogP contribution is 2.32. The van der Waals surface area contributed by atoms with Crippen molar-refractivity contribution < 1.29 is 17.9 Å². The molecule has 5 aromatic rings. The number of hydrogen-bond donors (Lipinski definition) is 1. The van der Waals surface area contributed by atoms with Gasteiger partial charge in [0, 0.05) is 23.7 Å². The summed E-state index contributed by atoms with van der Waals surface area (Å²) >= 11 is 0. The maximum atomic E-state index is 12.9. The van der Waals surface area contributed by atoms with Crippen LogP contribution in [0.5, 0.6) is 11.5 Å². The molecule has 1 N–H and O–H groups in total. The Balaban J connectivity index is 1.41. The number of nitrogens with zero attached hydrogens (tertiary/aromatic N) is 2. The number of rotatable bonds is 8. The first-order chi connectivity index (χ1) is 18.0. The van der Waals surface area contributed by atoms with E-state index in [-0.39, 0.29) is 11.4 Å². The first-order valence-electron chi connectivity index (χ1n) is 11.6. The van der Waals surface area contributed by atoms with Gasteiger partial charge >= 0.3 is 0 Å². The number of ether oxygens (including phenoxy) is 2. The molecule has 0 amide bonds. The van der Waals surface area contributed by atoms with E-state index in [1.807, 2.05) is 78.9 Å². The topological polar surface area (TPSA) is 90.4 Å². The van der Waals surface area contributed by atoms with Gasteiger partial charge in [-0.1, -0.05) is 66.7 Å². The highest BCUT2D eigenvalue weighted by molar-refractivity contribution is 7.89. The van der Waals surface area contributed by atoms with E-state index in [2.05, 4.69) is 4.72 Å². The van der Waals surface area contributed by atoms with Crippen molar-refractivity contribution in [1.82, 2.24) is 14.7 Å². The molecular formula is C29H25N3O4S. The summed E-state index contributed by atoms with van der Waals surface area (Å²) in [6.07, 6.45) is 0. The second-order valence-electron chi connectivity index (χ2n) is 8.31. The highest BCUT2D eigenvalue weighted by atomic mass is 32.2. The summed E-state index contributed by atoms with van der Waals surface area (Å²) in [6.45, 7) is 0.131. The Kier molecular flexibility index (Phi) is 6.85. The predicted octanol–water partition coefficient (Wildman–Crippen LogP) is 5.46. The van der Waals surface area contributed by atoms with Crippen LogP contribution in [0.3, 0.4) is 0 Å². The lowest BCUT2D eigenvalue weighted by Gasteiger charge is -2.12. The number of methoxy groups -OCH3 is 2. The zero-order valence-corrected chi connectivity index (χ0v) is 21.2. The minimum Gasteiger partial charge on any atom is -0.493 e. The third-order valence-electron chi connectivity index (χ3n) is 5.98. The second-order valence-corrected chi connectivity index (χ2v) is 10.1. The molecular weight excluding hydrogens is 486 g/mol. The van der Waals surface area contributed by atoms with Crippen LogP contribution >= 0.6 is 0 Å². The van der Waals surface area contributed by atoms with E-state index in [1.165, 1.54) is 26.4 Å². The van der Waals surface area contributed by atoms with Gasteiger partial charge in [-0.2, -0.15) is 0 Å². The van der Waals surface area contributed by atoms with Gasteiger partial charge in [0.1, 0.15) is 0 Å². The van der Waals surface area contributed by atoms with Crippen molar-refractivity contribution in [2.75, 3.05) is 14.2 Å². The number of aromatic nitrogens is 2. The SMILES string of the molecule is COc1ccc(S(=O)(=O)NCc2ccc(-c3nc4ccccc4nc3-c3ccccc3)cc2)cc1OC. The van der Waals surface area contributed by atoms with Crippen LogP contribution in [-0.2, 0) is 16.6 Å². The van der Waals surface area contributed by atoms with E-state index >= 15 is 0 Å². The Bertz CT molecular complexity index is 1650. The molecule has 186 valence electrons. The third-order valence-corrected chi connectivity index (χ3v) is 7.38. The van der Waals surface area contributed by atoms with Gasteiger partial charge in [-0.25, -0.2) is 23.1 Å². The van der Waals surface area contributed by atoms with Crippen LogP contribution in [0.2, 0.25) is 0 Å². The van der Waals surface area contributed by atoms with Gasteiger partial charge in [0.25, 0.3) is 0 Å². The smallest absolute Gasteiger partial charge is 0.241 e. The minimum atomic E-state index is -3.75. The van der Waals surface area contributed by atoms with E-state index in [4.69, 9.17) is 19.4 Å². The molecule has 0 radical (unpaired) electrons. The van der Waals surface area contributed by atoms with E-state index in [0.29, 0.717) is 11.5 Å². The van der Waals surface area contributed by atoms with Crippen molar-refractivity contribution >= 4 is 21.1 Å². The molecule has 0 spiro atoms. The Hall–Kier alpha value is -4.27. The van der Waals surface area contributed by atoms with Crippen molar-refractivity contribution in [3.63, 3.8) is 0 Å². The fourth-order valence-corrected chi connectivity index (χ4v) is 5.06. The molecule has 1 aromatic heterocycles. The van der Waals surface area contributed by atoms with E-state index in [1.54, 1.807) is 6.07 Å². The second kappa shape index (κ2) is 10.4. The zero-order chi connectivity index (χ0) is 25.8. The number of para-hydroxylation sites is 2. The molecule has 0 bridgehead atoms. The monoisotopic (exact) mass is 511 g/mol. The van der Waals surface area contributed by atoms with Gasteiger partial charge in [0.2, 0.25) is 10.0 Å². The first-order valence-corrected chi connectivity index (χ1v) is 13.1. The standard InChI is InChI=1S/C29H25N3O4S/c1-35-26-17-16-23(18-27(26)36-2)37(33,34)30-19-20-12-14-22(15-13-20)29-28(21-8-4-3-5-9-21)31-24-10-6-7-11-25(24)32-29/h3-18,30H,19H2,1-2H3. The summed E-state index contributed by atoms with van der Waals surface area (Å²) < 4.78 is 38.8. The summed E-state index contributed by atoms with van der Waals surface area (Å²) in [5.74, 6) is 0.809. The number of nitrogens with one attached hydrogen (secondary N) is 1. The van der Waals surface area contributed by atoms with E-state index in [9.17, 15) is 8.42 Å². The number of benzene rings is 4. The summed E-state index contributed by atoms with van der Waals surface area (Å²) in [5.41, 5.74) is 5.87. The molecule has 0 aliphatic heterocycles. The summed E-state index contributed by atoms with van der Waals surface area (Å²) in [4.78, 5) is 9.91. The molecule has 0 atom stereocenters. The molecule has 7 nitrogen and oxygen atoms in total. The van der Waals surface area contributed by atoms with E-state index in [0.717, 1.165) is 39.1 Å². The minimum absolute atomic E-state index is 0.0979. The van der Waals surface area contributed by atoms with Crippen LogP contribution in [0.1, 0.15) is 5.56 Å². The van der Waals surface area contributed by atoms with Crippen LogP contribution in [0.15, 0.2) is 102 Å². The average molecular weight is 512 g/mol. The Morgan fingerprint density at radius 1 is 0.676 bits per heavy atom. The molecule has 4 aromatic carbocycles. The van der Waals surface area contributed by atoms with Crippen molar-refractivity contribution in [2.45, 2.75) is 11.4 Å². The molecule has 1 heterocycles. The maximum absolute atomic E-state index is 12.9. The Morgan fingerprint density at radius 2 is 1.24 bits per heavy atom. The Labute approximate surface area is 215 Å². The van der Waals surface area contributed by atoms with Crippen LogP contribution in [-0.4, -0.2) is 32.6 Å². The third kappa shape index (κ3) is 5.16.